The lowest BCUT2D eigenvalue weighted by Crippen LogP contribution is -2.36. The lowest BCUT2D eigenvalue weighted by atomic mass is 9.76. The number of ketones is 1. The average molecular weight is 574 g/mol. The van der Waals surface area contributed by atoms with Gasteiger partial charge >= 0.3 is 0 Å². The van der Waals surface area contributed by atoms with Gasteiger partial charge in [-0.15, -0.1) is 0 Å². The third-order valence-electron chi connectivity index (χ3n) is 9.50. The first-order chi connectivity index (χ1) is 20.0. The highest BCUT2D eigenvalue weighted by atomic mass is 16.1. The van der Waals surface area contributed by atoms with Gasteiger partial charge in [-0.3, -0.25) is 4.79 Å². The second kappa shape index (κ2) is 19.5. The minimum atomic E-state index is -0.0349. The van der Waals surface area contributed by atoms with E-state index in [2.05, 4.69) is 99.0 Å². The smallest absolute Gasteiger partial charge is 0.136 e. The number of rotatable bonds is 15. The molecule has 3 nitrogen and oxygen atoms in total. The largest absolute Gasteiger partial charge is 0.412 e. The number of hydrogen-bond donors (Lipinski definition) is 0. The fraction of sp³-hybridized carbons (Fsp3) is 0.564. The van der Waals surface area contributed by atoms with Crippen LogP contribution in [0.2, 0.25) is 0 Å². The van der Waals surface area contributed by atoms with Gasteiger partial charge in [0.25, 0.3) is 0 Å². The van der Waals surface area contributed by atoms with E-state index in [-0.39, 0.29) is 17.2 Å². The first-order valence-electron chi connectivity index (χ1n) is 16.6. The fourth-order valence-electron chi connectivity index (χ4n) is 6.86. The lowest BCUT2D eigenvalue weighted by molar-refractivity contribution is -0.119. The van der Waals surface area contributed by atoms with Crippen LogP contribution < -0.4 is 4.90 Å². The third kappa shape index (κ3) is 11.2. The Morgan fingerprint density at radius 3 is 2.29 bits per heavy atom. The Bertz CT molecular complexity index is 1050. The minimum Gasteiger partial charge on any atom is -0.412 e. The van der Waals surface area contributed by atoms with E-state index in [1.54, 1.807) is 12.5 Å². The Labute approximate surface area is 257 Å². The maximum absolute atomic E-state index is 12.3. The SMILES string of the molecule is C=C(CC(/C=C\Cc1ccc(N2CCC(C(C/C=C\CC)/C(=C/C=C\C)CC)CC2)cc1)C(C)=O)C1CCCCC1.O. The normalized spacial score (nSPS) is 19.0. The van der Waals surface area contributed by atoms with Crippen molar-refractivity contribution in [1.29, 1.82) is 0 Å². The molecule has 3 rings (SSSR count). The van der Waals surface area contributed by atoms with E-state index >= 15 is 0 Å². The summed E-state index contributed by atoms with van der Waals surface area (Å²) in [5, 5.41) is 0. The number of carbonyl (C=O) groups is 1. The zero-order chi connectivity index (χ0) is 29.5. The van der Waals surface area contributed by atoms with Gasteiger partial charge in [0.05, 0.1) is 0 Å². The number of piperidine rings is 1. The minimum absolute atomic E-state index is 0. The zero-order valence-corrected chi connectivity index (χ0v) is 27.1. The first kappa shape index (κ1) is 35.5. The molecule has 0 amide bonds. The van der Waals surface area contributed by atoms with Crippen LogP contribution in [0, 0.1) is 23.7 Å². The van der Waals surface area contributed by atoms with E-state index in [1.807, 2.05) is 0 Å². The number of allylic oxidation sites excluding steroid dienone is 9. The van der Waals surface area contributed by atoms with Gasteiger partial charge in [-0.05, 0) is 107 Å². The van der Waals surface area contributed by atoms with Crippen LogP contribution in [0.25, 0.3) is 0 Å². The number of hydrogen-bond acceptors (Lipinski definition) is 2. The molecule has 232 valence electrons. The van der Waals surface area contributed by atoms with E-state index < -0.39 is 0 Å². The van der Waals surface area contributed by atoms with Crippen molar-refractivity contribution in [2.75, 3.05) is 18.0 Å². The van der Waals surface area contributed by atoms with Crippen molar-refractivity contribution in [3.05, 3.63) is 90.1 Å². The highest BCUT2D eigenvalue weighted by molar-refractivity contribution is 5.80. The molecule has 2 fully saturated rings. The molecule has 1 heterocycles. The average Bonchev–Trinajstić information content (AvgIpc) is 3.00. The molecule has 1 aromatic rings. The summed E-state index contributed by atoms with van der Waals surface area (Å²) in [6, 6.07) is 9.12. The van der Waals surface area contributed by atoms with Gasteiger partial charge in [-0.2, -0.15) is 0 Å². The summed E-state index contributed by atoms with van der Waals surface area (Å²) in [6.45, 7) is 15.0. The zero-order valence-electron chi connectivity index (χ0n) is 27.1. The van der Waals surface area contributed by atoms with Gasteiger partial charge in [0.1, 0.15) is 5.78 Å². The second-order valence-corrected chi connectivity index (χ2v) is 12.4. The number of anilines is 1. The topological polar surface area (TPSA) is 51.8 Å². The highest BCUT2D eigenvalue weighted by Crippen LogP contribution is 2.36. The first-order valence-corrected chi connectivity index (χ1v) is 16.6. The molecule has 0 spiro atoms. The summed E-state index contributed by atoms with van der Waals surface area (Å²) in [4.78, 5) is 14.9. The fourth-order valence-corrected chi connectivity index (χ4v) is 6.86. The Morgan fingerprint density at radius 1 is 1.00 bits per heavy atom. The molecular weight excluding hydrogens is 514 g/mol. The predicted molar refractivity (Wildman–Crippen MR) is 183 cm³/mol. The number of benzene rings is 1. The van der Waals surface area contributed by atoms with Crippen molar-refractivity contribution >= 4 is 11.5 Å². The van der Waals surface area contributed by atoms with Crippen molar-refractivity contribution in [3.8, 4) is 0 Å². The molecule has 2 atom stereocenters. The molecule has 2 N–H and O–H groups in total. The Kier molecular flexibility index (Phi) is 16.5. The highest BCUT2D eigenvalue weighted by Gasteiger charge is 2.28. The van der Waals surface area contributed by atoms with Gasteiger partial charge in [-0.25, -0.2) is 0 Å². The van der Waals surface area contributed by atoms with Crippen molar-refractivity contribution in [1.82, 2.24) is 0 Å². The summed E-state index contributed by atoms with van der Waals surface area (Å²) >= 11 is 0. The van der Waals surface area contributed by atoms with Crippen molar-refractivity contribution in [2.24, 2.45) is 23.7 Å². The molecule has 1 aliphatic heterocycles. The lowest BCUT2D eigenvalue weighted by Gasteiger charge is -2.38. The van der Waals surface area contributed by atoms with Crippen LogP contribution in [0.1, 0.15) is 104 Å². The van der Waals surface area contributed by atoms with Crippen LogP contribution in [0.15, 0.2) is 84.5 Å². The summed E-state index contributed by atoms with van der Waals surface area (Å²) in [5.74, 6) is 2.23. The number of carbonyl (C=O) groups excluding carboxylic acids is 1. The summed E-state index contributed by atoms with van der Waals surface area (Å²) in [7, 11) is 0. The predicted octanol–water partition coefficient (Wildman–Crippen LogP) is 9.79. The van der Waals surface area contributed by atoms with Gasteiger partial charge in [0.2, 0.25) is 0 Å². The molecule has 0 radical (unpaired) electrons. The third-order valence-corrected chi connectivity index (χ3v) is 9.50. The van der Waals surface area contributed by atoms with E-state index in [0.29, 0.717) is 11.8 Å². The molecule has 0 bridgehead atoms. The van der Waals surface area contributed by atoms with Crippen molar-refractivity contribution in [2.45, 2.75) is 105 Å². The molecule has 1 aliphatic carbocycles. The molecule has 3 heteroatoms. The second-order valence-electron chi connectivity index (χ2n) is 12.4. The molecule has 1 aromatic carbocycles. The van der Waals surface area contributed by atoms with Crippen LogP contribution in [0.3, 0.4) is 0 Å². The molecule has 1 saturated heterocycles. The van der Waals surface area contributed by atoms with Gasteiger partial charge < -0.3 is 10.4 Å². The van der Waals surface area contributed by atoms with Crippen LogP contribution in [-0.4, -0.2) is 24.3 Å². The van der Waals surface area contributed by atoms with Crippen LogP contribution >= 0.6 is 0 Å². The standard InChI is InChI=1S/C39H57NO.H2O/c1-6-9-12-21-39(34(8-3)17-10-7-2)36-26-28-40(29-27-36)38-24-22-33(23-25-38)16-15-20-37(32(5)41)30-31(4)35-18-13-11-14-19-35;/h7,9-10,12,15,17,20,22-25,35-37,39H,4,6,8,11,13-14,16,18-19,21,26-30H2,1-3,5H3;1H2/b10-7-,12-9-,20-15-,34-17+;. The molecular formula is C39H59NO2. The summed E-state index contributed by atoms with van der Waals surface area (Å²) in [5.41, 5.74) is 5.53. The van der Waals surface area contributed by atoms with Gasteiger partial charge in [0.15, 0.2) is 0 Å². The maximum Gasteiger partial charge on any atom is 0.136 e. The summed E-state index contributed by atoms with van der Waals surface area (Å²) < 4.78 is 0. The number of nitrogens with zero attached hydrogens (tertiary/aromatic N) is 1. The van der Waals surface area contributed by atoms with E-state index in [1.165, 1.54) is 61.8 Å². The molecule has 42 heavy (non-hydrogen) atoms. The Balaban J connectivity index is 0.00000616. The number of Topliss-reactive ketones (excluding diaryl/α,β-unsaturated/α-hetero) is 1. The quantitative estimate of drug-likeness (QED) is 0.155. The van der Waals surface area contributed by atoms with E-state index in [9.17, 15) is 4.79 Å². The Hall–Kier alpha value is -2.65. The maximum atomic E-state index is 12.3. The van der Waals surface area contributed by atoms with Crippen molar-refractivity contribution < 1.29 is 10.3 Å². The van der Waals surface area contributed by atoms with E-state index in [0.717, 1.165) is 51.1 Å². The van der Waals surface area contributed by atoms with Gasteiger partial charge in [0, 0.05) is 24.7 Å². The van der Waals surface area contributed by atoms with Crippen LogP contribution in [0.5, 0.6) is 0 Å². The van der Waals surface area contributed by atoms with Crippen LogP contribution in [-0.2, 0) is 11.2 Å². The van der Waals surface area contributed by atoms with Crippen molar-refractivity contribution in [3.63, 3.8) is 0 Å². The molecule has 0 aromatic heterocycles. The molecule has 1 saturated carbocycles. The van der Waals surface area contributed by atoms with Gasteiger partial charge in [-0.1, -0.05) is 105 Å². The molecule has 2 aliphatic rings. The monoisotopic (exact) mass is 573 g/mol. The summed E-state index contributed by atoms with van der Waals surface area (Å²) in [6.07, 6.45) is 29.9. The molecule has 2 unspecified atom stereocenters. The van der Waals surface area contributed by atoms with Crippen LogP contribution in [0.4, 0.5) is 5.69 Å². The Morgan fingerprint density at radius 2 is 1.69 bits per heavy atom. The van der Waals surface area contributed by atoms with E-state index in [4.69, 9.17) is 0 Å².